The van der Waals surface area contributed by atoms with E-state index in [1.165, 1.54) is 0 Å². The molecule has 55 heavy (non-hydrogen) atoms. The summed E-state index contributed by atoms with van der Waals surface area (Å²) in [5.74, 6) is 2.76. The third-order valence-corrected chi connectivity index (χ3v) is 8.73. The molecule has 0 aliphatic carbocycles. The van der Waals surface area contributed by atoms with Crippen molar-refractivity contribution in [3.63, 3.8) is 0 Å². The number of hydrogen-bond donors (Lipinski definition) is 1. The summed E-state index contributed by atoms with van der Waals surface area (Å²) in [6.45, 7) is 6.18. The van der Waals surface area contributed by atoms with Crippen LogP contribution in [0.15, 0.2) is 90.2 Å². The van der Waals surface area contributed by atoms with Crippen LogP contribution >= 0.6 is 15.9 Å². The van der Waals surface area contributed by atoms with Gasteiger partial charge in [0.15, 0.2) is 5.82 Å². The molecule has 0 saturated carbocycles. The van der Waals surface area contributed by atoms with Crippen LogP contribution in [0.2, 0.25) is 0 Å². The molecule has 7 aromatic rings. The van der Waals surface area contributed by atoms with Crippen molar-refractivity contribution in [2.24, 2.45) is 14.1 Å². The van der Waals surface area contributed by atoms with Gasteiger partial charge in [-0.15, -0.1) is 5.10 Å². The van der Waals surface area contributed by atoms with Gasteiger partial charge in [-0.2, -0.15) is 15.3 Å². The fraction of sp³-hybridized carbons (Fsp3) is 0.282. The molecule has 15 nitrogen and oxygen atoms in total. The van der Waals surface area contributed by atoms with E-state index >= 15 is 0 Å². The SMILES string of the molecule is COCCOc1cc(-c2nn(C)cc2-c2cnc3ccc(Nc4cc(C(C)C)cnn4)nc3c2)ccn1.COCCOc1cc(-c2nn(C)cc2Br)ccn1. The van der Waals surface area contributed by atoms with Gasteiger partial charge in [-0.1, -0.05) is 13.8 Å². The lowest BCUT2D eigenvalue weighted by Gasteiger charge is -2.09. The average molecular weight is 809 g/mol. The quantitative estimate of drug-likeness (QED) is 0.112. The van der Waals surface area contributed by atoms with Crippen LogP contribution in [0, 0.1) is 0 Å². The molecule has 7 aromatic heterocycles. The van der Waals surface area contributed by atoms with Crippen molar-refractivity contribution in [3.8, 4) is 45.4 Å². The van der Waals surface area contributed by atoms with Crippen LogP contribution in [0.5, 0.6) is 11.8 Å². The molecule has 0 bridgehead atoms. The highest BCUT2D eigenvalue weighted by molar-refractivity contribution is 9.10. The van der Waals surface area contributed by atoms with Gasteiger partial charge in [0.05, 0.1) is 34.9 Å². The molecule has 0 spiro atoms. The highest BCUT2D eigenvalue weighted by Crippen LogP contribution is 2.33. The number of methoxy groups -OCH3 is 2. The van der Waals surface area contributed by atoms with Crippen molar-refractivity contribution in [2.75, 3.05) is 46.0 Å². The first kappa shape index (κ1) is 38.9. The van der Waals surface area contributed by atoms with Crippen molar-refractivity contribution in [1.29, 1.82) is 0 Å². The number of hydrogen-bond acceptors (Lipinski definition) is 13. The third-order valence-electron chi connectivity index (χ3n) is 8.15. The predicted molar refractivity (Wildman–Crippen MR) is 213 cm³/mol. The Morgan fingerprint density at radius 2 is 1.35 bits per heavy atom. The summed E-state index contributed by atoms with van der Waals surface area (Å²) in [6, 6.07) is 15.4. The van der Waals surface area contributed by atoms with Gasteiger partial charge in [0, 0.05) is 93.7 Å². The number of nitrogens with one attached hydrogen (secondary N) is 1. The van der Waals surface area contributed by atoms with Crippen LogP contribution in [0.1, 0.15) is 25.3 Å². The van der Waals surface area contributed by atoms with E-state index in [2.05, 4.69) is 65.3 Å². The van der Waals surface area contributed by atoms with Crippen molar-refractivity contribution >= 4 is 38.6 Å². The van der Waals surface area contributed by atoms with Crippen LogP contribution in [0.4, 0.5) is 11.6 Å². The lowest BCUT2D eigenvalue weighted by Crippen LogP contribution is -2.05. The van der Waals surface area contributed by atoms with Gasteiger partial charge in [-0.25, -0.2) is 15.0 Å². The van der Waals surface area contributed by atoms with Crippen LogP contribution in [0.3, 0.4) is 0 Å². The number of aryl methyl sites for hydroxylation is 2. The molecule has 0 unspecified atom stereocenters. The molecule has 0 atom stereocenters. The standard InChI is InChI=1S/C27H28N8O2.C12H14BrN3O2/c1-17(2)19-12-25(33-30-15-19)32-24-6-5-22-23(31-24)11-20(14-29-22)21-16-35(3)34-27(21)18-7-8-28-26(13-18)37-10-9-36-4;1-16-8-10(13)12(15-16)9-3-4-14-11(7-9)18-6-5-17-2/h5-8,11-17H,9-10H2,1-4H3,(H,31,32,33);3-4,7-8H,5-6H2,1-2H3. The van der Waals surface area contributed by atoms with Crippen LogP contribution in [-0.2, 0) is 23.6 Å². The van der Waals surface area contributed by atoms with E-state index in [0.717, 1.165) is 54.7 Å². The molecule has 0 fully saturated rings. The minimum atomic E-state index is 0.356. The van der Waals surface area contributed by atoms with Gasteiger partial charge in [0.1, 0.15) is 30.4 Å². The lowest BCUT2D eigenvalue weighted by molar-refractivity contribution is 0.144. The van der Waals surface area contributed by atoms with Crippen LogP contribution < -0.4 is 14.8 Å². The summed E-state index contributed by atoms with van der Waals surface area (Å²) in [5.41, 5.74) is 8.02. The molecule has 0 aliphatic rings. The molecule has 0 saturated heterocycles. The maximum Gasteiger partial charge on any atom is 0.213 e. The highest BCUT2D eigenvalue weighted by Gasteiger charge is 2.15. The minimum absolute atomic E-state index is 0.356. The predicted octanol–water partition coefficient (Wildman–Crippen LogP) is 7.04. The molecule has 284 valence electrons. The van der Waals surface area contributed by atoms with Crippen molar-refractivity contribution in [2.45, 2.75) is 19.8 Å². The average Bonchev–Trinajstić information content (AvgIpc) is 3.75. The second-order valence-corrected chi connectivity index (χ2v) is 13.5. The number of anilines is 2. The largest absolute Gasteiger partial charge is 0.475 e. The van der Waals surface area contributed by atoms with E-state index < -0.39 is 0 Å². The Labute approximate surface area is 327 Å². The van der Waals surface area contributed by atoms with E-state index in [1.807, 2.05) is 81.2 Å². The Morgan fingerprint density at radius 3 is 1.98 bits per heavy atom. The summed E-state index contributed by atoms with van der Waals surface area (Å²) >= 11 is 3.48. The van der Waals surface area contributed by atoms with Crippen LogP contribution in [0.25, 0.3) is 44.7 Å². The fourth-order valence-corrected chi connectivity index (χ4v) is 6.02. The second-order valence-electron chi connectivity index (χ2n) is 12.6. The van der Waals surface area contributed by atoms with Gasteiger partial charge in [-0.05, 0) is 63.8 Å². The Bertz CT molecular complexity index is 2350. The molecule has 16 heteroatoms. The Hall–Kier alpha value is -5.84. The Morgan fingerprint density at radius 1 is 0.691 bits per heavy atom. The summed E-state index contributed by atoms with van der Waals surface area (Å²) in [5, 5.41) is 20.6. The van der Waals surface area contributed by atoms with E-state index in [0.29, 0.717) is 55.7 Å². The monoisotopic (exact) mass is 807 g/mol. The van der Waals surface area contributed by atoms with E-state index in [4.69, 9.17) is 29.0 Å². The Balaban J connectivity index is 0.000000239. The molecule has 7 rings (SSSR count). The smallest absolute Gasteiger partial charge is 0.213 e. The third kappa shape index (κ3) is 10.2. The van der Waals surface area contributed by atoms with E-state index in [9.17, 15) is 0 Å². The van der Waals surface area contributed by atoms with Crippen molar-refractivity contribution in [1.82, 2.24) is 49.7 Å². The number of ether oxygens (including phenoxy) is 4. The number of fused-ring (bicyclic) bond motifs is 1. The molecule has 0 aromatic carbocycles. The van der Waals surface area contributed by atoms with Gasteiger partial charge in [-0.3, -0.25) is 14.3 Å². The fourth-order valence-electron chi connectivity index (χ4n) is 5.41. The molecule has 0 radical (unpaired) electrons. The van der Waals surface area contributed by atoms with E-state index in [1.54, 1.807) is 42.2 Å². The molecule has 1 N–H and O–H groups in total. The Kier molecular flexibility index (Phi) is 13.1. The maximum atomic E-state index is 5.69. The normalized spacial score (nSPS) is 11.1. The summed E-state index contributed by atoms with van der Waals surface area (Å²) in [7, 11) is 7.05. The summed E-state index contributed by atoms with van der Waals surface area (Å²) < 4.78 is 25.6. The summed E-state index contributed by atoms with van der Waals surface area (Å²) in [6.07, 6.45) is 10.9. The van der Waals surface area contributed by atoms with Gasteiger partial charge >= 0.3 is 0 Å². The topological polar surface area (TPSA) is 162 Å². The first-order valence-electron chi connectivity index (χ1n) is 17.5. The van der Waals surface area contributed by atoms with Crippen molar-refractivity contribution < 1.29 is 18.9 Å². The molecule has 0 aliphatic heterocycles. The first-order valence-corrected chi connectivity index (χ1v) is 18.3. The number of rotatable bonds is 14. The zero-order chi connectivity index (χ0) is 38.7. The number of halogens is 1. The lowest BCUT2D eigenvalue weighted by atomic mass is 10.0. The number of nitrogens with zero attached hydrogens (tertiary/aromatic N) is 10. The van der Waals surface area contributed by atoms with Crippen LogP contribution in [-0.4, -0.2) is 90.3 Å². The summed E-state index contributed by atoms with van der Waals surface area (Å²) in [4.78, 5) is 17.9. The zero-order valence-corrected chi connectivity index (χ0v) is 33.1. The van der Waals surface area contributed by atoms with Gasteiger partial charge < -0.3 is 24.3 Å². The van der Waals surface area contributed by atoms with Gasteiger partial charge in [0.25, 0.3) is 0 Å². The van der Waals surface area contributed by atoms with E-state index in [-0.39, 0.29) is 0 Å². The maximum absolute atomic E-state index is 5.69. The van der Waals surface area contributed by atoms with Crippen molar-refractivity contribution in [3.05, 3.63) is 95.7 Å². The first-order chi connectivity index (χ1) is 26.7. The molecule has 7 heterocycles. The highest BCUT2D eigenvalue weighted by atomic mass is 79.9. The number of pyridine rings is 4. The minimum Gasteiger partial charge on any atom is -0.475 e. The van der Waals surface area contributed by atoms with Gasteiger partial charge in [0.2, 0.25) is 11.8 Å². The zero-order valence-electron chi connectivity index (χ0n) is 31.5. The molecule has 0 amide bonds. The second kappa shape index (κ2) is 18.5. The molecular weight excluding hydrogens is 766 g/mol. The molecular formula is C39H42BrN11O4. The number of aromatic nitrogens is 10.